The molecule has 5 heteroatoms. The van der Waals surface area contributed by atoms with Gasteiger partial charge < -0.3 is 5.32 Å². The van der Waals surface area contributed by atoms with Crippen LogP contribution in [0.15, 0.2) is 53.9 Å². The van der Waals surface area contributed by atoms with Crippen LogP contribution in [0.2, 0.25) is 0 Å². The lowest BCUT2D eigenvalue weighted by atomic mass is 10.0. The molecule has 0 spiro atoms. The molecule has 0 aliphatic carbocycles. The Kier molecular flexibility index (Phi) is 3.70. The molecule has 0 radical (unpaired) electrons. The van der Waals surface area contributed by atoms with E-state index in [0.29, 0.717) is 0 Å². The number of hydrogen-bond donors (Lipinski definition) is 1. The average molecular weight is 332 g/mol. The Bertz CT molecular complexity index is 1010. The maximum Gasteiger partial charge on any atom is 0.187 e. The fourth-order valence-electron chi connectivity index (χ4n) is 2.73. The van der Waals surface area contributed by atoms with E-state index in [1.807, 2.05) is 35.7 Å². The number of nitrogens with zero attached hydrogens (tertiary/aromatic N) is 3. The number of anilines is 2. The number of para-hydroxylation sites is 1. The van der Waals surface area contributed by atoms with Crippen molar-refractivity contribution in [2.75, 3.05) is 5.32 Å². The van der Waals surface area contributed by atoms with Crippen LogP contribution < -0.4 is 5.32 Å². The van der Waals surface area contributed by atoms with Crippen molar-refractivity contribution < 1.29 is 0 Å². The second kappa shape index (κ2) is 6.02. The van der Waals surface area contributed by atoms with Crippen LogP contribution >= 0.6 is 11.3 Å². The summed E-state index contributed by atoms with van der Waals surface area (Å²) in [6, 6.07) is 16.2. The minimum Gasteiger partial charge on any atom is -0.332 e. The SMILES string of the molecule is Cc1c(-c2csc(Nc3ccccc3)n2)nnc2c(C)cccc12. The van der Waals surface area contributed by atoms with Crippen molar-refractivity contribution in [3.8, 4) is 11.4 Å². The van der Waals surface area contributed by atoms with Gasteiger partial charge in [-0.15, -0.1) is 21.5 Å². The third kappa shape index (κ3) is 2.63. The van der Waals surface area contributed by atoms with Gasteiger partial charge in [0.2, 0.25) is 0 Å². The molecular weight excluding hydrogens is 316 g/mol. The Morgan fingerprint density at radius 3 is 2.58 bits per heavy atom. The van der Waals surface area contributed by atoms with Crippen LogP contribution in [-0.2, 0) is 0 Å². The van der Waals surface area contributed by atoms with Crippen LogP contribution in [0.3, 0.4) is 0 Å². The van der Waals surface area contributed by atoms with Crippen molar-refractivity contribution in [1.82, 2.24) is 15.2 Å². The van der Waals surface area contributed by atoms with Crippen LogP contribution in [0.25, 0.3) is 22.3 Å². The molecule has 2 aromatic heterocycles. The van der Waals surface area contributed by atoms with Crippen molar-refractivity contribution in [2.24, 2.45) is 0 Å². The Labute approximate surface area is 144 Å². The lowest BCUT2D eigenvalue weighted by Crippen LogP contribution is -1.96. The van der Waals surface area contributed by atoms with Crippen LogP contribution in [0.4, 0.5) is 10.8 Å². The summed E-state index contributed by atoms with van der Waals surface area (Å²) in [6.07, 6.45) is 0. The van der Waals surface area contributed by atoms with E-state index in [2.05, 4.69) is 52.5 Å². The predicted octanol–water partition coefficient (Wildman–Crippen LogP) is 5.11. The molecule has 4 nitrogen and oxygen atoms in total. The predicted molar refractivity (Wildman–Crippen MR) is 99.8 cm³/mol. The minimum absolute atomic E-state index is 0.838. The summed E-state index contributed by atoms with van der Waals surface area (Å²) in [7, 11) is 0. The summed E-state index contributed by atoms with van der Waals surface area (Å²) in [5, 5.41) is 16.1. The highest BCUT2D eigenvalue weighted by Gasteiger charge is 2.13. The van der Waals surface area contributed by atoms with Crippen LogP contribution in [0.5, 0.6) is 0 Å². The molecule has 2 heterocycles. The summed E-state index contributed by atoms with van der Waals surface area (Å²) in [5.41, 5.74) is 5.92. The zero-order valence-corrected chi connectivity index (χ0v) is 14.3. The van der Waals surface area contributed by atoms with Crippen molar-refractivity contribution >= 4 is 33.1 Å². The molecule has 0 amide bonds. The van der Waals surface area contributed by atoms with Crippen LogP contribution in [-0.4, -0.2) is 15.2 Å². The molecule has 118 valence electrons. The standard InChI is InChI=1S/C19H16N4S/c1-12-7-6-10-15-13(2)18(23-22-17(12)15)16-11-24-19(21-16)20-14-8-4-3-5-9-14/h3-11H,1-2H3,(H,20,21). The van der Waals surface area contributed by atoms with Gasteiger partial charge in [-0.3, -0.25) is 0 Å². The molecule has 0 unspecified atom stereocenters. The summed E-state index contributed by atoms with van der Waals surface area (Å²) in [6.45, 7) is 4.14. The molecule has 0 atom stereocenters. The van der Waals surface area contributed by atoms with Crippen molar-refractivity contribution in [3.63, 3.8) is 0 Å². The quantitative estimate of drug-likeness (QED) is 0.566. The molecule has 0 saturated carbocycles. The van der Waals surface area contributed by atoms with Gasteiger partial charge in [-0.2, -0.15) is 0 Å². The minimum atomic E-state index is 0.838. The highest BCUT2D eigenvalue weighted by atomic mass is 32.1. The highest BCUT2D eigenvalue weighted by Crippen LogP contribution is 2.30. The molecule has 2 aromatic carbocycles. The van der Waals surface area contributed by atoms with E-state index < -0.39 is 0 Å². The van der Waals surface area contributed by atoms with Gasteiger partial charge in [0.1, 0.15) is 11.4 Å². The molecule has 4 aromatic rings. The van der Waals surface area contributed by atoms with E-state index >= 15 is 0 Å². The van der Waals surface area contributed by atoms with E-state index in [4.69, 9.17) is 0 Å². The number of aromatic nitrogens is 3. The first-order valence-corrected chi connectivity index (χ1v) is 8.61. The smallest absolute Gasteiger partial charge is 0.187 e. The first kappa shape index (κ1) is 14.8. The monoisotopic (exact) mass is 332 g/mol. The van der Waals surface area contributed by atoms with Gasteiger partial charge in [-0.05, 0) is 37.1 Å². The zero-order valence-electron chi connectivity index (χ0n) is 13.4. The van der Waals surface area contributed by atoms with Gasteiger partial charge in [0, 0.05) is 16.5 Å². The number of nitrogens with one attached hydrogen (secondary N) is 1. The summed E-state index contributed by atoms with van der Waals surface area (Å²) in [4.78, 5) is 4.67. The fraction of sp³-hybridized carbons (Fsp3) is 0.105. The zero-order chi connectivity index (χ0) is 16.5. The molecular formula is C19H16N4S. The van der Waals surface area contributed by atoms with E-state index in [0.717, 1.165) is 44.2 Å². The Morgan fingerprint density at radius 2 is 1.75 bits per heavy atom. The number of thiazole rings is 1. The summed E-state index contributed by atoms with van der Waals surface area (Å²) in [5.74, 6) is 0. The number of benzene rings is 2. The maximum absolute atomic E-state index is 4.67. The van der Waals surface area contributed by atoms with Crippen molar-refractivity contribution in [3.05, 3.63) is 65.0 Å². The number of rotatable bonds is 3. The van der Waals surface area contributed by atoms with Crippen molar-refractivity contribution in [2.45, 2.75) is 13.8 Å². The van der Waals surface area contributed by atoms with Gasteiger partial charge in [0.05, 0.1) is 5.52 Å². The topological polar surface area (TPSA) is 50.7 Å². The second-order valence-corrected chi connectivity index (χ2v) is 6.53. The second-order valence-electron chi connectivity index (χ2n) is 5.67. The largest absolute Gasteiger partial charge is 0.332 e. The number of hydrogen-bond acceptors (Lipinski definition) is 5. The maximum atomic E-state index is 4.67. The van der Waals surface area contributed by atoms with Gasteiger partial charge in [0.15, 0.2) is 5.13 Å². The molecule has 0 saturated heterocycles. The first-order valence-electron chi connectivity index (χ1n) is 7.73. The molecule has 4 rings (SSSR count). The fourth-order valence-corrected chi connectivity index (χ4v) is 3.44. The molecule has 0 bridgehead atoms. The van der Waals surface area contributed by atoms with Crippen molar-refractivity contribution in [1.29, 1.82) is 0 Å². The van der Waals surface area contributed by atoms with E-state index in [-0.39, 0.29) is 0 Å². The Morgan fingerprint density at radius 1 is 0.917 bits per heavy atom. The third-order valence-corrected chi connectivity index (χ3v) is 4.78. The van der Waals surface area contributed by atoms with Gasteiger partial charge >= 0.3 is 0 Å². The van der Waals surface area contributed by atoms with Gasteiger partial charge in [-0.25, -0.2) is 4.98 Å². The average Bonchev–Trinajstić information content (AvgIpc) is 3.05. The Hall–Kier alpha value is -2.79. The summed E-state index contributed by atoms with van der Waals surface area (Å²) >= 11 is 1.57. The van der Waals surface area contributed by atoms with E-state index in [9.17, 15) is 0 Å². The first-order chi connectivity index (χ1) is 11.7. The highest BCUT2D eigenvalue weighted by molar-refractivity contribution is 7.14. The lowest BCUT2D eigenvalue weighted by Gasteiger charge is -2.07. The van der Waals surface area contributed by atoms with Crippen LogP contribution in [0, 0.1) is 13.8 Å². The van der Waals surface area contributed by atoms with E-state index in [1.54, 1.807) is 11.3 Å². The molecule has 0 aliphatic rings. The van der Waals surface area contributed by atoms with Crippen LogP contribution in [0.1, 0.15) is 11.1 Å². The Balaban J connectivity index is 1.72. The van der Waals surface area contributed by atoms with Gasteiger partial charge in [0.25, 0.3) is 0 Å². The normalized spacial score (nSPS) is 10.9. The summed E-state index contributed by atoms with van der Waals surface area (Å²) < 4.78 is 0. The third-order valence-electron chi connectivity index (χ3n) is 4.02. The lowest BCUT2D eigenvalue weighted by molar-refractivity contribution is 1.05. The van der Waals surface area contributed by atoms with E-state index in [1.165, 1.54) is 0 Å². The molecule has 0 fully saturated rings. The van der Waals surface area contributed by atoms with Gasteiger partial charge in [-0.1, -0.05) is 36.4 Å². The molecule has 0 aliphatic heterocycles. The molecule has 24 heavy (non-hydrogen) atoms. The number of fused-ring (bicyclic) bond motifs is 1. The molecule has 1 N–H and O–H groups in total. The number of aryl methyl sites for hydroxylation is 2.